The van der Waals surface area contributed by atoms with E-state index >= 15 is 0 Å². The van der Waals surface area contributed by atoms with Crippen LogP contribution in [0.15, 0.2) is 66.7 Å². The summed E-state index contributed by atoms with van der Waals surface area (Å²) in [7, 11) is 0. The van der Waals surface area contributed by atoms with E-state index in [1.807, 2.05) is 43.3 Å². The Kier molecular flexibility index (Phi) is 3.30. The third kappa shape index (κ3) is 2.12. The first-order valence-corrected chi connectivity index (χ1v) is 11.4. The van der Waals surface area contributed by atoms with Crippen molar-refractivity contribution in [2.24, 2.45) is 11.8 Å². The van der Waals surface area contributed by atoms with Gasteiger partial charge in [-0.05, 0) is 46.9 Å². The van der Waals surface area contributed by atoms with Crippen molar-refractivity contribution in [3.8, 4) is 0 Å². The van der Waals surface area contributed by atoms with Crippen molar-refractivity contribution in [2.75, 3.05) is 4.90 Å². The van der Waals surface area contributed by atoms with E-state index < -0.39 is 0 Å². The van der Waals surface area contributed by atoms with Gasteiger partial charge in [-0.1, -0.05) is 65.9 Å². The van der Waals surface area contributed by atoms with E-state index in [9.17, 15) is 9.59 Å². The second-order valence-corrected chi connectivity index (χ2v) is 9.75. The van der Waals surface area contributed by atoms with Crippen LogP contribution in [-0.2, 0) is 9.59 Å². The number of carbonyl (C=O) groups is 2. The number of amides is 2. The summed E-state index contributed by atoms with van der Waals surface area (Å²) in [6.45, 7) is 2.03. The third-order valence-corrected chi connectivity index (χ3v) is 8.18. The summed E-state index contributed by atoms with van der Waals surface area (Å²) in [6.07, 6.45) is 0. The number of imide groups is 1. The fourth-order valence-corrected chi connectivity index (χ4v) is 7.06. The van der Waals surface area contributed by atoms with E-state index in [0.717, 1.165) is 15.8 Å². The van der Waals surface area contributed by atoms with Gasteiger partial charge in [-0.25, -0.2) is 9.88 Å². The quantitative estimate of drug-likeness (QED) is 0.406. The minimum atomic E-state index is -0.365. The highest BCUT2D eigenvalue weighted by atomic mass is 32.1. The molecule has 1 aromatic heterocycles. The van der Waals surface area contributed by atoms with Crippen molar-refractivity contribution in [3.05, 3.63) is 94.5 Å². The number of benzene rings is 3. The molecule has 5 heteroatoms. The second-order valence-electron chi connectivity index (χ2n) is 8.74. The largest absolute Gasteiger partial charge is 0.274 e. The molecule has 3 aliphatic carbocycles. The number of rotatable bonds is 1. The summed E-state index contributed by atoms with van der Waals surface area (Å²) in [5.41, 5.74) is 6.73. The van der Waals surface area contributed by atoms with Crippen LogP contribution in [0.25, 0.3) is 10.2 Å². The Morgan fingerprint density at radius 2 is 1.29 bits per heavy atom. The van der Waals surface area contributed by atoms with Crippen LogP contribution in [0.5, 0.6) is 0 Å². The first-order chi connectivity index (χ1) is 15.1. The molecule has 150 valence electrons. The van der Waals surface area contributed by atoms with Gasteiger partial charge in [0.2, 0.25) is 11.8 Å². The number of aryl methyl sites for hydroxylation is 1. The maximum Gasteiger partial charge on any atom is 0.240 e. The van der Waals surface area contributed by atoms with Crippen LogP contribution in [0.4, 0.5) is 5.13 Å². The summed E-state index contributed by atoms with van der Waals surface area (Å²) in [5, 5.41) is 0.498. The molecule has 8 rings (SSSR count). The van der Waals surface area contributed by atoms with Crippen molar-refractivity contribution in [1.82, 2.24) is 4.98 Å². The predicted octanol–water partition coefficient (Wildman–Crippen LogP) is 5.00. The highest BCUT2D eigenvalue weighted by Crippen LogP contribution is 2.61. The summed E-state index contributed by atoms with van der Waals surface area (Å²) in [5.74, 6) is -1.11. The highest BCUT2D eigenvalue weighted by molar-refractivity contribution is 7.22. The van der Waals surface area contributed by atoms with Gasteiger partial charge in [0.05, 0.1) is 22.1 Å². The predicted molar refractivity (Wildman–Crippen MR) is 120 cm³/mol. The third-order valence-electron chi connectivity index (χ3n) is 7.17. The standard InChI is InChI=1S/C26H18N2O2S/c1-13-10-11-18-19(12-13)31-26(27-18)28-24(29)22-20-14-6-2-3-7-15(14)21(23(22)25(28)30)17-9-5-4-8-16(17)20/h2-12,20-23H,1H3. The van der Waals surface area contributed by atoms with E-state index in [1.165, 1.54) is 38.5 Å². The second kappa shape index (κ2) is 5.89. The molecule has 2 amide bonds. The van der Waals surface area contributed by atoms with Crippen molar-refractivity contribution in [3.63, 3.8) is 0 Å². The normalized spacial score (nSPS) is 25.6. The Bertz CT molecular complexity index is 1320. The van der Waals surface area contributed by atoms with Crippen LogP contribution in [0.2, 0.25) is 0 Å². The van der Waals surface area contributed by atoms with Gasteiger partial charge in [0, 0.05) is 11.8 Å². The number of fused-ring (bicyclic) bond motifs is 1. The molecule has 2 bridgehead atoms. The first-order valence-electron chi connectivity index (χ1n) is 10.6. The smallest absolute Gasteiger partial charge is 0.240 e. The van der Waals surface area contributed by atoms with Crippen LogP contribution in [0.1, 0.15) is 39.7 Å². The summed E-state index contributed by atoms with van der Waals surface area (Å²) >= 11 is 1.43. The molecule has 3 aromatic carbocycles. The molecule has 0 saturated carbocycles. The number of anilines is 1. The van der Waals surface area contributed by atoms with E-state index in [1.54, 1.807) is 0 Å². The SMILES string of the molecule is Cc1ccc2nc(N3C(=O)C4C5c6ccccc6C(c6ccccc65)C4C3=O)sc2c1. The molecule has 1 aliphatic heterocycles. The fraction of sp³-hybridized carbons (Fsp3) is 0.192. The molecule has 2 heterocycles. The Morgan fingerprint density at radius 3 is 1.81 bits per heavy atom. The molecule has 0 radical (unpaired) electrons. The van der Waals surface area contributed by atoms with Gasteiger partial charge in [0.1, 0.15) is 0 Å². The average molecular weight is 423 g/mol. The van der Waals surface area contributed by atoms with E-state index in [-0.39, 0.29) is 35.5 Å². The molecule has 2 unspecified atom stereocenters. The minimum absolute atomic E-state index is 0.0829. The lowest BCUT2D eigenvalue weighted by Crippen LogP contribution is -2.41. The number of thiazole rings is 1. The molecule has 31 heavy (non-hydrogen) atoms. The molecule has 0 N–H and O–H groups in total. The van der Waals surface area contributed by atoms with Gasteiger partial charge in [0.25, 0.3) is 0 Å². The van der Waals surface area contributed by atoms with Gasteiger partial charge >= 0.3 is 0 Å². The number of hydrogen-bond acceptors (Lipinski definition) is 4. The lowest BCUT2D eigenvalue weighted by molar-refractivity contribution is -0.122. The van der Waals surface area contributed by atoms with Crippen LogP contribution < -0.4 is 4.90 Å². The van der Waals surface area contributed by atoms with Gasteiger partial charge in [-0.2, -0.15) is 0 Å². The fourth-order valence-electron chi connectivity index (χ4n) is 5.98. The first kappa shape index (κ1) is 17.4. The van der Waals surface area contributed by atoms with Gasteiger partial charge in [-0.3, -0.25) is 9.59 Å². The number of hydrogen-bond donors (Lipinski definition) is 0. The Hall–Kier alpha value is -3.31. The van der Waals surface area contributed by atoms with Gasteiger partial charge in [0.15, 0.2) is 5.13 Å². The molecular weight excluding hydrogens is 404 g/mol. The Labute approximate surface area is 183 Å². The monoisotopic (exact) mass is 422 g/mol. The molecule has 4 aromatic rings. The zero-order valence-corrected chi connectivity index (χ0v) is 17.6. The van der Waals surface area contributed by atoms with E-state index in [0.29, 0.717) is 5.13 Å². The van der Waals surface area contributed by atoms with Crippen molar-refractivity contribution in [2.45, 2.75) is 18.8 Å². The molecule has 4 nitrogen and oxygen atoms in total. The van der Waals surface area contributed by atoms with E-state index in [2.05, 4.69) is 35.3 Å². The van der Waals surface area contributed by atoms with Crippen LogP contribution in [0, 0.1) is 18.8 Å². The van der Waals surface area contributed by atoms with Crippen molar-refractivity contribution >= 4 is 38.5 Å². The topological polar surface area (TPSA) is 50.3 Å². The minimum Gasteiger partial charge on any atom is -0.274 e. The summed E-state index contributed by atoms with van der Waals surface area (Å²) in [6, 6.07) is 22.7. The van der Waals surface area contributed by atoms with Gasteiger partial charge in [-0.15, -0.1) is 0 Å². The summed E-state index contributed by atoms with van der Waals surface area (Å²) in [4.78, 5) is 33.6. The zero-order valence-electron chi connectivity index (χ0n) is 16.8. The number of nitrogens with zero attached hydrogens (tertiary/aromatic N) is 2. The molecule has 1 fully saturated rings. The number of aromatic nitrogens is 1. The van der Waals surface area contributed by atoms with Crippen molar-refractivity contribution in [1.29, 1.82) is 0 Å². The van der Waals surface area contributed by atoms with Crippen LogP contribution >= 0.6 is 11.3 Å². The maximum absolute atomic E-state index is 13.8. The molecule has 4 aliphatic rings. The zero-order chi connectivity index (χ0) is 20.9. The van der Waals surface area contributed by atoms with Crippen LogP contribution in [0.3, 0.4) is 0 Å². The average Bonchev–Trinajstić information content (AvgIpc) is 3.31. The maximum atomic E-state index is 13.8. The lowest BCUT2D eigenvalue weighted by atomic mass is 9.55. The lowest BCUT2D eigenvalue weighted by Gasteiger charge is -2.45. The Balaban J connectivity index is 1.42. The molecule has 1 saturated heterocycles. The summed E-state index contributed by atoms with van der Waals surface area (Å²) < 4.78 is 1.00. The van der Waals surface area contributed by atoms with Gasteiger partial charge < -0.3 is 0 Å². The van der Waals surface area contributed by atoms with Crippen LogP contribution in [-0.4, -0.2) is 16.8 Å². The molecule has 0 spiro atoms. The highest BCUT2D eigenvalue weighted by Gasteiger charge is 2.62. The molecular formula is C26H18N2O2S. The van der Waals surface area contributed by atoms with E-state index in [4.69, 9.17) is 0 Å². The van der Waals surface area contributed by atoms with Crippen molar-refractivity contribution < 1.29 is 9.59 Å². The Morgan fingerprint density at radius 1 is 0.774 bits per heavy atom. The number of carbonyl (C=O) groups excluding carboxylic acids is 2. The molecule has 2 atom stereocenters.